The van der Waals surface area contributed by atoms with E-state index in [1.54, 1.807) is 72.8 Å². The summed E-state index contributed by atoms with van der Waals surface area (Å²) in [7, 11) is 1.44. The quantitative estimate of drug-likeness (QED) is 0.214. The van der Waals surface area contributed by atoms with Crippen molar-refractivity contribution in [1.82, 2.24) is 4.90 Å². The van der Waals surface area contributed by atoms with Gasteiger partial charge in [0, 0.05) is 10.0 Å². The van der Waals surface area contributed by atoms with Crippen LogP contribution in [0.4, 0.5) is 4.79 Å². The van der Waals surface area contributed by atoms with Crippen LogP contribution < -0.4 is 9.47 Å². The zero-order chi connectivity index (χ0) is 24.2. The van der Waals surface area contributed by atoms with Gasteiger partial charge in [0.2, 0.25) is 0 Å². The van der Waals surface area contributed by atoms with Gasteiger partial charge in [-0.2, -0.15) is 0 Å². The van der Waals surface area contributed by atoms with Crippen molar-refractivity contribution in [3.8, 4) is 11.5 Å². The Bertz CT molecular complexity index is 1310. The fraction of sp³-hybridized carbons (Fsp3) is 0.0800. The second-order valence-corrected chi connectivity index (χ2v) is 9.07. The van der Waals surface area contributed by atoms with Crippen molar-refractivity contribution in [2.75, 3.05) is 7.11 Å². The highest BCUT2D eigenvalue weighted by molar-refractivity contribution is 8.18. The van der Waals surface area contributed by atoms with Crippen LogP contribution in [0.1, 0.15) is 21.5 Å². The Labute approximate surface area is 210 Å². The highest BCUT2D eigenvalue weighted by Crippen LogP contribution is 2.35. The van der Waals surface area contributed by atoms with Gasteiger partial charge in [0.05, 0.1) is 24.1 Å². The minimum absolute atomic E-state index is 0.130. The number of amides is 2. The molecule has 1 aliphatic heterocycles. The van der Waals surface area contributed by atoms with Crippen molar-refractivity contribution in [3.63, 3.8) is 0 Å². The van der Waals surface area contributed by atoms with Gasteiger partial charge in [-0.3, -0.25) is 14.5 Å². The SMILES string of the molecule is COc1cc(/C=C2\SC(=O)N(Cc3cccc(Cl)c3)C2=O)ccc1OC(=O)c1ccc(Cl)cc1. The number of nitrogens with zero attached hydrogens (tertiary/aromatic N) is 1. The summed E-state index contributed by atoms with van der Waals surface area (Å²) in [5.74, 6) is -0.445. The molecule has 6 nitrogen and oxygen atoms in total. The Morgan fingerprint density at radius 2 is 1.74 bits per heavy atom. The highest BCUT2D eigenvalue weighted by atomic mass is 35.5. The van der Waals surface area contributed by atoms with Crippen molar-refractivity contribution in [1.29, 1.82) is 0 Å². The molecule has 1 saturated heterocycles. The summed E-state index contributed by atoms with van der Waals surface area (Å²) in [6.07, 6.45) is 1.59. The first-order valence-corrected chi connectivity index (χ1v) is 11.6. The molecule has 3 aromatic rings. The molecule has 0 saturated carbocycles. The summed E-state index contributed by atoms with van der Waals surface area (Å²) >= 11 is 12.7. The van der Waals surface area contributed by atoms with E-state index in [1.165, 1.54) is 12.0 Å². The van der Waals surface area contributed by atoms with Crippen LogP contribution in [0, 0.1) is 0 Å². The molecule has 0 unspecified atom stereocenters. The summed E-state index contributed by atoms with van der Waals surface area (Å²) < 4.78 is 10.8. The fourth-order valence-electron chi connectivity index (χ4n) is 3.21. The third-order valence-corrected chi connectivity index (χ3v) is 6.27. The summed E-state index contributed by atoms with van der Waals surface area (Å²) in [5, 5.41) is 0.677. The number of benzene rings is 3. The van der Waals surface area contributed by atoms with E-state index < -0.39 is 11.9 Å². The van der Waals surface area contributed by atoms with E-state index in [0.717, 1.165) is 17.3 Å². The zero-order valence-corrected chi connectivity index (χ0v) is 20.1. The maximum atomic E-state index is 12.8. The van der Waals surface area contributed by atoms with Crippen molar-refractivity contribution in [2.24, 2.45) is 0 Å². The lowest BCUT2D eigenvalue weighted by molar-refractivity contribution is -0.123. The minimum Gasteiger partial charge on any atom is -0.493 e. The molecule has 172 valence electrons. The van der Waals surface area contributed by atoms with E-state index in [4.69, 9.17) is 32.7 Å². The molecule has 0 aliphatic carbocycles. The summed E-state index contributed by atoms with van der Waals surface area (Å²) in [4.78, 5) is 39.1. The number of halogens is 2. The van der Waals surface area contributed by atoms with E-state index in [2.05, 4.69) is 0 Å². The first kappa shape index (κ1) is 23.9. The van der Waals surface area contributed by atoms with Crippen molar-refractivity contribution >= 4 is 58.2 Å². The first-order chi connectivity index (χ1) is 16.3. The molecule has 0 radical (unpaired) electrons. The molecule has 4 rings (SSSR count). The van der Waals surface area contributed by atoms with Crippen LogP contribution in [0.25, 0.3) is 6.08 Å². The zero-order valence-electron chi connectivity index (χ0n) is 17.8. The molecular formula is C25H17Cl2NO5S. The largest absolute Gasteiger partial charge is 0.493 e. The molecule has 34 heavy (non-hydrogen) atoms. The number of carbonyl (C=O) groups is 3. The van der Waals surface area contributed by atoms with E-state index in [9.17, 15) is 14.4 Å². The average molecular weight is 514 g/mol. The maximum Gasteiger partial charge on any atom is 0.343 e. The minimum atomic E-state index is -0.565. The monoisotopic (exact) mass is 513 g/mol. The third kappa shape index (κ3) is 5.44. The average Bonchev–Trinajstić information content (AvgIpc) is 3.07. The summed E-state index contributed by atoms with van der Waals surface area (Å²) in [6.45, 7) is 0.130. The molecule has 2 amide bonds. The number of rotatable bonds is 6. The van der Waals surface area contributed by atoms with Gasteiger partial charge in [0.25, 0.3) is 11.1 Å². The molecule has 0 N–H and O–H groups in total. The molecule has 0 aromatic heterocycles. The number of carbonyl (C=O) groups excluding carboxylic acids is 3. The lowest BCUT2D eigenvalue weighted by Gasteiger charge is -2.12. The number of imide groups is 1. The molecule has 0 atom stereocenters. The van der Waals surface area contributed by atoms with E-state index in [0.29, 0.717) is 26.9 Å². The molecule has 1 heterocycles. The Hall–Kier alpha value is -3.26. The number of esters is 1. The topological polar surface area (TPSA) is 72.9 Å². The van der Waals surface area contributed by atoms with Gasteiger partial charge >= 0.3 is 5.97 Å². The van der Waals surface area contributed by atoms with E-state index in [-0.39, 0.29) is 22.4 Å². The van der Waals surface area contributed by atoms with Gasteiger partial charge < -0.3 is 9.47 Å². The molecule has 9 heteroatoms. The predicted octanol–water partition coefficient (Wildman–Crippen LogP) is 6.46. The van der Waals surface area contributed by atoms with Crippen LogP contribution in [0.3, 0.4) is 0 Å². The molecule has 0 bridgehead atoms. The summed E-state index contributed by atoms with van der Waals surface area (Å²) in [5.41, 5.74) is 1.70. The Morgan fingerprint density at radius 1 is 0.971 bits per heavy atom. The van der Waals surface area contributed by atoms with Gasteiger partial charge in [-0.1, -0.05) is 41.4 Å². The second kappa shape index (κ2) is 10.3. The molecule has 3 aromatic carbocycles. The van der Waals surface area contributed by atoms with Crippen molar-refractivity contribution in [3.05, 3.63) is 98.4 Å². The number of hydrogen-bond donors (Lipinski definition) is 0. The van der Waals surface area contributed by atoms with Crippen molar-refractivity contribution < 1.29 is 23.9 Å². The second-order valence-electron chi connectivity index (χ2n) is 7.20. The van der Waals surface area contributed by atoms with Crippen LogP contribution in [-0.2, 0) is 11.3 Å². The maximum absolute atomic E-state index is 12.8. The lowest BCUT2D eigenvalue weighted by Crippen LogP contribution is -2.27. The first-order valence-electron chi connectivity index (χ1n) is 9.99. The molecule has 1 aliphatic rings. The summed E-state index contributed by atoms with van der Waals surface area (Å²) in [6, 6.07) is 18.2. The predicted molar refractivity (Wildman–Crippen MR) is 132 cm³/mol. The van der Waals surface area contributed by atoms with Crippen LogP contribution in [-0.4, -0.2) is 29.1 Å². The Morgan fingerprint density at radius 3 is 2.44 bits per heavy atom. The van der Waals surface area contributed by atoms with Crippen LogP contribution in [0.5, 0.6) is 11.5 Å². The molecule has 0 spiro atoms. The Kier molecular flexibility index (Phi) is 7.26. The Balaban J connectivity index is 1.51. The van der Waals surface area contributed by atoms with Gasteiger partial charge in [-0.05, 0) is 77.5 Å². The van der Waals surface area contributed by atoms with Gasteiger partial charge in [-0.25, -0.2) is 4.79 Å². The fourth-order valence-corrected chi connectivity index (χ4v) is 4.39. The number of ether oxygens (including phenoxy) is 2. The van der Waals surface area contributed by atoms with Crippen molar-refractivity contribution in [2.45, 2.75) is 6.54 Å². The van der Waals surface area contributed by atoms with Gasteiger partial charge in [-0.15, -0.1) is 0 Å². The van der Waals surface area contributed by atoms with Crippen LogP contribution in [0.15, 0.2) is 71.6 Å². The number of thioether (sulfide) groups is 1. The molecule has 1 fully saturated rings. The molecular weight excluding hydrogens is 497 g/mol. The van der Waals surface area contributed by atoms with E-state index >= 15 is 0 Å². The number of hydrogen-bond acceptors (Lipinski definition) is 6. The van der Waals surface area contributed by atoms with Gasteiger partial charge in [0.15, 0.2) is 11.5 Å². The standard InChI is InChI=1S/C25H17Cl2NO5S/c1-32-21-12-15(5-10-20(21)33-24(30)17-6-8-18(26)9-7-17)13-22-23(29)28(25(31)34-22)14-16-3-2-4-19(27)11-16/h2-13H,14H2,1H3/b22-13-. The van der Waals surface area contributed by atoms with E-state index in [1.807, 2.05) is 0 Å². The highest BCUT2D eigenvalue weighted by Gasteiger charge is 2.35. The number of methoxy groups -OCH3 is 1. The normalized spacial score (nSPS) is 14.6. The third-order valence-electron chi connectivity index (χ3n) is 4.87. The van der Waals surface area contributed by atoms with Crippen LogP contribution in [0.2, 0.25) is 10.0 Å². The lowest BCUT2D eigenvalue weighted by atomic mass is 10.1. The smallest absolute Gasteiger partial charge is 0.343 e. The van der Waals surface area contributed by atoms with Crippen LogP contribution >= 0.6 is 35.0 Å². The van der Waals surface area contributed by atoms with Gasteiger partial charge in [0.1, 0.15) is 0 Å².